The van der Waals surface area contributed by atoms with Crippen molar-refractivity contribution in [1.82, 2.24) is 4.90 Å². The number of likely N-dealkylation sites (tertiary alicyclic amines) is 1. The lowest BCUT2D eigenvalue weighted by molar-refractivity contribution is 0.0970. The van der Waals surface area contributed by atoms with Crippen molar-refractivity contribution in [3.05, 3.63) is 0 Å². The van der Waals surface area contributed by atoms with Crippen molar-refractivity contribution in [2.75, 3.05) is 13.1 Å². The molecule has 0 aromatic heterocycles. The molecule has 3 unspecified atom stereocenters. The molecule has 0 aromatic carbocycles. The lowest BCUT2D eigenvalue weighted by Crippen LogP contribution is -2.53. The van der Waals surface area contributed by atoms with Crippen molar-refractivity contribution in [2.45, 2.75) is 65.0 Å². The maximum atomic E-state index is 6.32. The van der Waals surface area contributed by atoms with Crippen LogP contribution in [0.1, 0.15) is 53.4 Å². The Morgan fingerprint density at radius 2 is 2.00 bits per heavy atom. The SMILES string of the molecule is CCCC(C)(N)CN1CC(C)CCC1C. The van der Waals surface area contributed by atoms with E-state index in [9.17, 15) is 0 Å². The van der Waals surface area contributed by atoms with Gasteiger partial charge in [-0.05, 0) is 39.0 Å². The molecule has 0 aromatic rings. The van der Waals surface area contributed by atoms with Crippen LogP contribution in [0.5, 0.6) is 0 Å². The van der Waals surface area contributed by atoms with Crippen LogP contribution in [0.25, 0.3) is 0 Å². The third-order valence-electron chi connectivity index (χ3n) is 3.63. The molecule has 0 saturated carbocycles. The molecule has 0 spiro atoms. The first-order chi connectivity index (χ1) is 6.94. The van der Waals surface area contributed by atoms with Gasteiger partial charge in [0, 0.05) is 24.7 Å². The van der Waals surface area contributed by atoms with Gasteiger partial charge in [0.1, 0.15) is 0 Å². The Bertz CT molecular complexity index is 189. The van der Waals surface area contributed by atoms with Crippen LogP contribution in [0, 0.1) is 5.92 Å². The minimum atomic E-state index is 0.0000694. The Morgan fingerprint density at radius 3 is 2.60 bits per heavy atom. The Morgan fingerprint density at radius 1 is 1.33 bits per heavy atom. The molecule has 3 atom stereocenters. The highest BCUT2D eigenvalue weighted by Gasteiger charge is 2.28. The summed E-state index contributed by atoms with van der Waals surface area (Å²) >= 11 is 0. The molecule has 0 bridgehead atoms. The molecule has 1 heterocycles. The highest BCUT2D eigenvalue weighted by atomic mass is 15.2. The fraction of sp³-hybridized carbons (Fsp3) is 1.00. The van der Waals surface area contributed by atoms with Gasteiger partial charge in [0.05, 0.1) is 0 Å². The van der Waals surface area contributed by atoms with Gasteiger partial charge in [0.15, 0.2) is 0 Å². The molecule has 2 nitrogen and oxygen atoms in total. The maximum absolute atomic E-state index is 6.32. The van der Waals surface area contributed by atoms with Gasteiger partial charge in [0.2, 0.25) is 0 Å². The van der Waals surface area contributed by atoms with Gasteiger partial charge in [-0.15, -0.1) is 0 Å². The van der Waals surface area contributed by atoms with Crippen molar-refractivity contribution in [2.24, 2.45) is 11.7 Å². The van der Waals surface area contributed by atoms with E-state index in [1.165, 1.54) is 25.8 Å². The fourth-order valence-electron chi connectivity index (χ4n) is 2.71. The minimum absolute atomic E-state index is 0.0000694. The third kappa shape index (κ3) is 4.12. The van der Waals surface area contributed by atoms with Crippen LogP contribution in [0.4, 0.5) is 0 Å². The summed E-state index contributed by atoms with van der Waals surface area (Å²) in [6, 6.07) is 0.723. The van der Waals surface area contributed by atoms with Gasteiger partial charge < -0.3 is 5.73 Å². The largest absolute Gasteiger partial charge is 0.324 e. The van der Waals surface area contributed by atoms with E-state index in [0.29, 0.717) is 0 Å². The van der Waals surface area contributed by atoms with E-state index in [-0.39, 0.29) is 5.54 Å². The number of hydrogen-bond acceptors (Lipinski definition) is 2. The van der Waals surface area contributed by atoms with Gasteiger partial charge in [-0.1, -0.05) is 20.3 Å². The fourth-order valence-corrected chi connectivity index (χ4v) is 2.71. The Labute approximate surface area is 95.2 Å². The molecule has 1 aliphatic heterocycles. The van der Waals surface area contributed by atoms with E-state index >= 15 is 0 Å². The quantitative estimate of drug-likeness (QED) is 0.776. The van der Waals surface area contributed by atoms with Crippen molar-refractivity contribution in [3.63, 3.8) is 0 Å². The first-order valence-corrected chi connectivity index (χ1v) is 6.47. The first-order valence-electron chi connectivity index (χ1n) is 6.47. The zero-order chi connectivity index (χ0) is 11.5. The van der Waals surface area contributed by atoms with Crippen LogP contribution < -0.4 is 5.73 Å². The standard InChI is InChI=1S/C13H28N2/c1-5-8-13(4,14)10-15-9-11(2)6-7-12(15)3/h11-12H,5-10,14H2,1-4H3. The summed E-state index contributed by atoms with van der Waals surface area (Å²) in [6.07, 6.45) is 5.03. The van der Waals surface area contributed by atoms with Crippen LogP contribution in [0.2, 0.25) is 0 Å². The van der Waals surface area contributed by atoms with E-state index in [1.807, 2.05) is 0 Å². The number of rotatable bonds is 4. The predicted octanol–water partition coefficient (Wildman–Crippen LogP) is 2.62. The maximum Gasteiger partial charge on any atom is 0.0254 e. The topological polar surface area (TPSA) is 29.3 Å². The van der Waals surface area contributed by atoms with Crippen molar-refractivity contribution in [3.8, 4) is 0 Å². The zero-order valence-electron chi connectivity index (χ0n) is 10.9. The van der Waals surface area contributed by atoms with Gasteiger partial charge in [-0.3, -0.25) is 4.90 Å². The Balaban J connectivity index is 2.47. The average molecular weight is 212 g/mol. The number of nitrogens with two attached hydrogens (primary N) is 1. The second-order valence-electron chi connectivity index (χ2n) is 5.87. The number of nitrogens with zero attached hydrogens (tertiary/aromatic N) is 1. The molecule has 2 heteroatoms. The van der Waals surface area contributed by atoms with Crippen LogP contribution in [0.15, 0.2) is 0 Å². The summed E-state index contributed by atoms with van der Waals surface area (Å²) in [5, 5.41) is 0. The predicted molar refractivity (Wildman–Crippen MR) is 66.9 cm³/mol. The Kier molecular flexibility index (Phi) is 4.60. The molecule has 0 aliphatic carbocycles. The number of piperidine rings is 1. The number of hydrogen-bond donors (Lipinski definition) is 1. The molecule has 1 saturated heterocycles. The van der Waals surface area contributed by atoms with Crippen LogP contribution in [-0.4, -0.2) is 29.6 Å². The highest BCUT2D eigenvalue weighted by Crippen LogP contribution is 2.23. The minimum Gasteiger partial charge on any atom is -0.324 e. The molecule has 0 radical (unpaired) electrons. The summed E-state index contributed by atoms with van der Waals surface area (Å²) in [5.41, 5.74) is 6.32. The highest BCUT2D eigenvalue weighted by molar-refractivity contribution is 4.87. The van der Waals surface area contributed by atoms with E-state index in [2.05, 4.69) is 32.6 Å². The Hall–Kier alpha value is -0.0800. The van der Waals surface area contributed by atoms with E-state index in [0.717, 1.165) is 24.9 Å². The summed E-state index contributed by atoms with van der Waals surface area (Å²) in [4.78, 5) is 2.59. The van der Waals surface area contributed by atoms with E-state index < -0.39 is 0 Å². The molecule has 1 aliphatic rings. The lowest BCUT2D eigenvalue weighted by Gasteiger charge is -2.41. The van der Waals surface area contributed by atoms with Gasteiger partial charge in [-0.2, -0.15) is 0 Å². The summed E-state index contributed by atoms with van der Waals surface area (Å²) in [6.45, 7) is 11.4. The summed E-state index contributed by atoms with van der Waals surface area (Å²) in [5.74, 6) is 0.846. The summed E-state index contributed by atoms with van der Waals surface area (Å²) < 4.78 is 0. The average Bonchev–Trinajstić information content (AvgIpc) is 2.10. The molecule has 0 amide bonds. The van der Waals surface area contributed by atoms with Gasteiger partial charge >= 0.3 is 0 Å². The van der Waals surface area contributed by atoms with E-state index in [4.69, 9.17) is 5.73 Å². The van der Waals surface area contributed by atoms with Gasteiger partial charge in [0.25, 0.3) is 0 Å². The zero-order valence-corrected chi connectivity index (χ0v) is 10.9. The third-order valence-corrected chi connectivity index (χ3v) is 3.63. The second-order valence-corrected chi connectivity index (χ2v) is 5.87. The monoisotopic (exact) mass is 212 g/mol. The van der Waals surface area contributed by atoms with Crippen LogP contribution >= 0.6 is 0 Å². The van der Waals surface area contributed by atoms with Crippen molar-refractivity contribution in [1.29, 1.82) is 0 Å². The second kappa shape index (κ2) is 5.31. The molecular formula is C13H28N2. The molecule has 90 valence electrons. The summed E-state index contributed by atoms with van der Waals surface area (Å²) in [7, 11) is 0. The lowest BCUT2D eigenvalue weighted by atomic mass is 9.91. The van der Waals surface area contributed by atoms with Crippen LogP contribution in [0.3, 0.4) is 0 Å². The normalized spacial score (nSPS) is 32.6. The molecule has 2 N–H and O–H groups in total. The van der Waals surface area contributed by atoms with Crippen LogP contribution in [-0.2, 0) is 0 Å². The first kappa shape index (κ1) is 13.0. The smallest absolute Gasteiger partial charge is 0.0254 e. The van der Waals surface area contributed by atoms with E-state index in [1.54, 1.807) is 0 Å². The molecule has 1 fully saturated rings. The van der Waals surface area contributed by atoms with Crippen molar-refractivity contribution >= 4 is 0 Å². The molecule has 1 rings (SSSR count). The van der Waals surface area contributed by atoms with Gasteiger partial charge in [-0.25, -0.2) is 0 Å². The van der Waals surface area contributed by atoms with Crippen molar-refractivity contribution < 1.29 is 0 Å². The molecular weight excluding hydrogens is 184 g/mol. The molecule has 15 heavy (non-hydrogen) atoms.